The summed E-state index contributed by atoms with van der Waals surface area (Å²) >= 11 is 0. The molecule has 2 rings (SSSR count). The molecule has 1 nitrogen and oxygen atoms in total. The van der Waals surface area contributed by atoms with E-state index in [4.69, 9.17) is 0 Å². The van der Waals surface area contributed by atoms with Gasteiger partial charge in [0.05, 0.1) is 5.56 Å². The van der Waals surface area contributed by atoms with E-state index in [9.17, 15) is 22.0 Å². The third kappa shape index (κ3) is 3.71. The van der Waals surface area contributed by atoms with Gasteiger partial charge in [0.15, 0.2) is 11.6 Å². The minimum Gasteiger partial charge on any atom is -0.381 e. The lowest BCUT2D eigenvalue weighted by atomic mass is 10.1. The zero-order chi connectivity index (χ0) is 15.6. The molecule has 21 heavy (non-hydrogen) atoms. The van der Waals surface area contributed by atoms with Crippen molar-refractivity contribution in [3.63, 3.8) is 0 Å². The van der Waals surface area contributed by atoms with Gasteiger partial charge in [0.2, 0.25) is 0 Å². The molecular weight excluding hydrogens is 289 g/mol. The normalized spacial score (nSPS) is 11.5. The molecule has 0 aliphatic rings. The SMILES string of the molecule is Cc1ccc(NCc2ccc(F)c(F)c2)cc1C(F)(F)F. The molecular formula is C15H12F5N. The van der Waals surface area contributed by atoms with E-state index < -0.39 is 23.4 Å². The van der Waals surface area contributed by atoms with Crippen LogP contribution in [0.25, 0.3) is 0 Å². The van der Waals surface area contributed by atoms with Crippen LogP contribution >= 0.6 is 0 Å². The molecule has 0 saturated carbocycles. The Morgan fingerprint density at radius 1 is 0.952 bits per heavy atom. The van der Waals surface area contributed by atoms with Crippen LogP contribution in [0.4, 0.5) is 27.6 Å². The van der Waals surface area contributed by atoms with Gasteiger partial charge in [-0.2, -0.15) is 13.2 Å². The molecule has 2 aromatic carbocycles. The highest BCUT2D eigenvalue weighted by atomic mass is 19.4. The second-order valence-corrected chi connectivity index (χ2v) is 4.63. The maximum absolute atomic E-state index is 13.0. The molecule has 2 aromatic rings. The van der Waals surface area contributed by atoms with Crippen molar-refractivity contribution < 1.29 is 22.0 Å². The zero-order valence-corrected chi connectivity index (χ0v) is 11.1. The summed E-state index contributed by atoms with van der Waals surface area (Å²) in [7, 11) is 0. The fourth-order valence-electron chi connectivity index (χ4n) is 1.89. The molecule has 1 N–H and O–H groups in total. The number of alkyl halides is 3. The van der Waals surface area contributed by atoms with Gasteiger partial charge >= 0.3 is 6.18 Å². The molecule has 0 saturated heterocycles. The van der Waals surface area contributed by atoms with Crippen molar-refractivity contribution in [2.75, 3.05) is 5.32 Å². The highest BCUT2D eigenvalue weighted by Crippen LogP contribution is 2.33. The first-order valence-electron chi connectivity index (χ1n) is 6.13. The molecule has 0 atom stereocenters. The van der Waals surface area contributed by atoms with Gasteiger partial charge in [-0.05, 0) is 42.3 Å². The molecule has 112 valence electrons. The van der Waals surface area contributed by atoms with Crippen LogP contribution in [0.3, 0.4) is 0 Å². The average molecular weight is 301 g/mol. The van der Waals surface area contributed by atoms with Crippen LogP contribution < -0.4 is 5.32 Å². The van der Waals surface area contributed by atoms with Crippen molar-refractivity contribution in [3.05, 3.63) is 64.7 Å². The molecule has 0 heterocycles. The predicted octanol–water partition coefficient (Wildman–Crippen LogP) is 4.90. The van der Waals surface area contributed by atoms with Gasteiger partial charge in [-0.3, -0.25) is 0 Å². The van der Waals surface area contributed by atoms with Crippen LogP contribution in [0, 0.1) is 18.6 Å². The van der Waals surface area contributed by atoms with E-state index in [1.165, 1.54) is 25.1 Å². The van der Waals surface area contributed by atoms with Gasteiger partial charge < -0.3 is 5.32 Å². The molecule has 0 radical (unpaired) electrons. The lowest BCUT2D eigenvalue weighted by molar-refractivity contribution is -0.138. The lowest BCUT2D eigenvalue weighted by Crippen LogP contribution is -2.09. The maximum atomic E-state index is 13.0. The van der Waals surface area contributed by atoms with Crippen molar-refractivity contribution in [2.45, 2.75) is 19.6 Å². The van der Waals surface area contributed by atoms with Crippen LogP contribution in [-0.2, 0) is 12.7 Å². The number of benzene rings is 2. The minimum atomic E-state index is -4.43. The van der Waals surface area contributed by atoms with Crippen LogP contribution in [0.1, 0.15) is 16.7 Å². The predicted molar refractivity (Wildman–Crippen MR) is 69.9 cm³/mol. The number of halogens is 5. The Morgan fingerprint density at radius 3 is 2.29 bits per heavy atom. The number of anilines is 1. The standard InChI is InChI=1S/C15H12F5N/c1-9-2-4-11(7-12(9)15(18,19)20)21-8-10-3-5-13(16)14(17)6-10/h2-7,21H,8H2,1H3. The number of hydrogen-bond donors (Lipinski definition) is 1. The Kier molecular flexibility index (Phi) is 4.16. The summed E-state index contributed by atoms with van der Waals surface area (Å²) in [6.45, 7) is 1.47. The van der Waals surface area contributed by atoms with E-state index in [1.807, 2.05) is 0 Å². The van der Waals surface area contributed by atoms with E-state index >= 15 is 0 Å². The van der Waals surface area contributed by atoms with Crippen LogP contribution in [0.15, 0.2) is 36.4 Å². The second kappa shape index (κ2) is 5.71. The summed E-state index contributed by atoms with van der Waals surface area (Å²) in [4.78, 5) is 0. The average Bonchev–Trinajstić information content (AvgIpc) is 2.40. The fraction of sp³-hybridized carbons (Fsp3) is 0.200. The van der Waals surface area contributed by atoms with E-state index in [1.54, 1.807) is 0 Å². The molecule has 0 unspecified atom stereocenters. The van der Waals surface area contributed by atoms with Gasteiger partial charge in [0.25, 0.3) is 0 Å². The minimum absolute atomic E-state index is 0.0948. The van der Waals surface area contributed by atoms with Gasteiger partial charge in [-0.25, -0.2) is 8.78 Å². The van der Waals surface area contributed by atoms with Crippen molar-refractivity contribution in [2.24, 2.45) is 0 Å². The van der Waals surface area contributed by atoms with Crippen molar-refractivity contribution in [1.82, 2.24) is 0 Å². The van der Waals surface area contributed by atoms with Crippen LogP contribution in [0.2, 0.25) is 0 Å². The number of rotatable bonds is 3. The third-order valence-electron chi connectivity index (χ3n) is 3.02. The number of hydrogen-bond acceptors (Lipinski definition) is 1. The molecule has 6 heteroatoms. The van der Waals surface area contributed by atoms with Gasteiger partial charge in [-0.1, -0.05) is 12.1 Å². The monoisotopic (exact) mass is 301 g/mol. The third-order valence-corrected chi connectivity index (χ3v) is 3.02. The fourth-order valence-corrected chi connectivity index (χ4v) is 1.89. The summed E-state index contributed by atoms with van der Waals surface area (Å²) in [5, 5.41) is 2.76. The van der Waals surface area contributed by atoms with Crippen LogP contribution in [0.5, 0.6) is 0 Å². The van der Waals surface area contributed by atoms with E-state index in [2.05, 4.69) is 5.32 Å². The maximum Gasteiger partial charge on any atom is 0.416 e. The summed E-state index contributed by atoms with van der Waals surface area (Å²) in [6.07, 6.45) is -4.43. The van der Waals surface area contributed by atoms with E-state index in [-0.39, 0.29) is 17.8 Å². The van der Waals surface area contributed by atoms with Crippen molar-refractivity contribution in [1.29, 1.82) is 0 Å². The lowest BCUT2D eigenvalue weighted by Gasteiger charge is -2.13. The first-order valence-corrected chi connectivity index (χ1v) is 6.13. The van der Waals surface area contributed by atoms with Crippen molar-refractivity contribution >= 4 is 5.69 Å². The first kappa shape index (κ1) is 15.3. The molecule has 0 fully saturated rings. The van der Waals surface area contributed by atoms with Crippen LogP contribution in [-0.4, -0.2) is 0 Å². The summed E-state index contributed by atoms with van der Waals surface area (Å²) in [5.41, 5.74) is 0.0966. The molecule has 0 aliphatic heterocycles. The Balaban J connectivity index is 2.15. The topological polar surface area (TPSA) is 12.0 Å². The first-order chi connectivity index (χ1) is 9.77. The molecule has 0 aromatic heterocycles. The van der Waals surface area contributed by atoms with E-state index in [0.29, 0.717) is 5.56 Å². The quantitative estimate of drug-likeness (QED) is 0.795. The molecule has 0 spiro atoms. The largest absolute Gasteiger partial charge is 0.416 e. The van der Waals surface area contributed by atoms with E-state index in [0.717, 1.165) is 18.2 Å². The summed E-state index contributed by atoms with van der Waals surface area (Å²) < 4.78 is 64.1. The molecule has 0 aliphatic carbocycles. The van der Waals surface area contributed by atoms with Gasteiger partial charge in [-0.15, -0.1) is 0 Å². The highest BCUT2D eigenvalue weighted by Gasteiger charge is 2.32. The second-order valence-electron chi connectivity index (χ2n) is 4.63. The Hall–Kier alpha value is -2.11. The zero-order valence-electron chi connectivity index (χ0n) is 11.1. The Labute approximate surface area is 118 Å². The Bertz CT molecular complexity index is 649. The highest BCUT2D eigenvalue weighted by molar-refractivity contribution is 5.49. The summed E-state index contributed by atoms with van der Waals surface area (Å²) in [6, 6.07) is 7.20. The molecule has 0 amide bonds. The number of aryl methyl sites for hydroxylation is 1. The smallest absolute Gasteiger partial charge is 0.381 e. The Morgan fingerprint density at radius 2 is 1.67 bits per heavy atom. The summed E-state index contributed by atoms with van der Waals surface area (Å²) in [5.74, 6) is -1.96. The van der Waals surface area contributed by atoms with Gasteiger partial charge in [0.1, 0.15) is 0 Å². The molecule has 0 bridgehead atoms. The number of nitrogens with one attached hydrogen (secondary N) is 1. The van der Waals surface area contributed by atoms with Crippen molar-refractivity contribution in [3.8, 4) is 0 Å². The van der Waals surface area contributed by atoms with Gasteiger partial charge in [0, 0.05) is 12.2 Å².